The highest BCUT2D eigenvalue weighted by Gasteiger charge is 2.56. The molecule has 146 valence electrons. The smallest absolute Gasteiger partial charge is 0.155 e. The Labute approximate surface area is 161 Å². The van der Waals surface area contributed by atoms with Gasteiger partial charge in [0.05, 0.1) is 19.3 Å². The summed E-state index contributed by atoms with van der Waals surface area (Å²) in [6, 6.07) is 8.01. The molecule has 1 atom stereocenters. The van der Waals surface area contributed by atoms with E-state index < -0.39 is 5.60 Å². The molecule has 2 N–H and O–H groups in total. The van der Waals surface area contributed by atoms with Gasteiger partial charge in [-0.15, -0.1) is 0 Å². The highest BCUT2D eigenvalue weighted by Crippen LogP contribution is 2.63. The highest BCUT2D eigenvalue weighted by atomic mass is 16.5. The molecule has 6 heteroatoms. The van der Waals surface area contributed by atoms with E-state index in [4.69, 9.17) is 14.8 Å². The molecule has 0 radical (unpaired) electrons. The zero-order valence-electron chi connectivity index (χ0n) is 16.5. The molecule has 2 aromatic rings. The Balaban J connectivity index is 1.62. The van der Waals surface area contributed by atoms with Gasteiger partial charge in [-0.05, 0) is 57.7 Å². The van der Waals surface area contributed by atoms with E-state index in [0.29, 0.717) is 24.3 Å². The maximum absolute atomic E-state index is 10.4. The third kappa shape index (κ3) is 3.87. The molecule has 1 aromatic heterocycles. The molecule has 2 aliphatic rings. The lowest BCUT2D eigenvalue weighted by atomic mass is 9.91. The number of nitrogens with zero attached hydrogens (tertiary/aromatic N) is 3. The number of hydrogen-bond donors (Lipinski definition) is 2. The lowest BCUT2D eigenvalue weighted by Gasteiger charge is -2.24. The quantitative estimate of drug-likeness (QED) is 0.817. The van der Waals surface area contributed by atoms with Gasteiger partial charge in [-0.25, -0.2) is 9.67 Å². The summed E-state index contributed by atoms with van der Waals surface area (Å²) in [6.07, 6.45) is 4.23. The van der Waals surface area contributed by atoms with Crippen LogP contribution < -0.4 is 10.1 Å². The van der Waals surface area contributed by atoms with E-state index in [-0.39, 0.29) is 0 Å². The van der Waals surface area contributed by atoms with Crippen LogP contribution in [0.25, 0.3) is 0 Å². The zero-order chi connectivity index (χ0) is 19.1. The molecule has 1 unspecified atom stereocenters. The summed E-state index contributed by atoms with van der Waals surface area (Å²) < 4.78 is 7.43. The number of hydrogen-bond acceptors (Lipinski definition) is 5. The van der Waals surface area contributed by atoms with Crippen LogP contribution in [0.4, 0.5) is 0 Å². The first-order valence-corrected chi connectivity index (χ1v) is 9.89. The van der Waals surface area contributed by atoms with Crippen LogP contribution in [0.5, 0.6) is 5.75 Å². The summed E-state index contributed by atoms with van der Waals surface area (Å²) in [5.41, 5.74) is 0.650. The van der Waals surface area contributed by atoms with E-state index >= 15 is 0 Å². The highest BCUT2D eigenvalue weighted by molar-refractivity contribution is 5.35. The molecule has 6 nitrogen and oxygen atoms in total. The van der Waals surface area contributed by atoms with E-state index in [2.05, 4.69) is 11.4 Å². The Bertz CT molecular complexity index is 803. The van der Waals surface area contributed by atoms with E-state index in [1.807, 2.05) is 36.7 Å². The van der Waals surface area contributed by atoms with Crippen molar-refractivity contribution in [3.63, 3.8) is 0 Å². The van der Waals surface area contributed by atoms with Crippen molar-refractivity contribution in [2.24, 2.45) is 5.41 Å². The average molecular weight is 370 g/mol. The second-order valence-corrected chi connectivity index (χ2v) is 8.71. The Morgan fingerprint density at radius 3 is 2.74 bits per heavy atom. The number of para-hydroxylation sites is 1. The Kier molecular flexibility index (Phi) is 4.72. The molecule has 1 aromatic carbocycles. The zero-order valence-corrected chi connectivity index (χ0v) is 16.5. The molecule has 4 rings (SSSR count). The Morgan fingerprint density at radius 1 is 1.30 bits per heavy atom. The van der Waals surface area contributed by atoms with Gasteiger partial charge in [-0.3, -0.25) is 0 Å². The lowest BCUT2D eigenvalue weighted by Crippen LogP contribution is -2.31. The molecular formula is C21H30N4O2. The predicted octanol–water partition coefficient (Wildman–Crippen LogP) is 2.51. The monoisotopic (exact) mass is 370 g/mol. The minimum Gasteiger partial charge on any atom is -0.496 e. The molecular weight excluding hydrogens is 340 g/mol. The maximum Gasteiger partial charge on any atom is 0.155 e. The van der Waals surface area contributed by atoms with E-state index in [1.165, 1.54) is 19.3 Å². The molecule has 1 saturated carbocycles. The van der Waals surface area contributed by atoms with Crippen LogP contribution in [-0.2, 0) is 13.0 Å². The van der Waals surface area contributed by atoms with E-state index in [9.17, 15) is 5.11 Å². The summed E-state index contributed by atoms with van der Waals surface area (Å²) in [5.74, 6) is 3.17. The third-order valence-corrected chi connectivity index (χ3v) is 5.92. The van der Waals surface area contributed by atoms with Crippen molar-refractivity contribution in [1.82, 2.24) is 20.1 Å². The van der Waals surface area contributed by atoms with Crippen LogP contribution in [-0.4, -0.2) is 45.7 Å². The van der Waals surface area contributed by atoms with Crippen LogP contribution in [0, 0.1) is 5.41 Å². The second-order valence-electron chi connectivity index (χ2n) is 8.71. The van der Waals surface area contributed by atoms with Crippen molar-refractivity contribution < 1.29 is 9.84 Å². The minimum absolute atomic E-state index is 0.386. The topological polar surface area (TPSA) is 72.2 Å². The molecule has 2 heterocycles. The van der Waals surface area contributed by atoms with Gasteiger partial charge in [0.25, 0.3) is 0 Å². The molecule has 1 saturated heterocycles. The van der Waals surface area contributed by atoms with Crippen molar-refractivity contribution in [2.45, 2.75) is 57.6 Å². The first-order chi connectivity index (χ1) is 12.9. The number of ether oxygens (including phenoxy) is 1. The fraction of sp³-hybridized carbons (Fsp3) is 0.619. The molecule has 0 bridgehead atoms. The van der Waals surface area contributed by atoms with Crippen LogP contribution >= 0.6 is 0 Å². The molecule has 1 aliphatic heterocycles. The van der Waals surface area contributed by atoms with Gasteiger partial charge in [0, 0.05) is 17.9 Å². The largest absolute Gasteiger partial charge is 0.496 e. The predicted molar refractivity (Wildman–Crippen MR) is 104 cm³/mol. The van der Waals surface area contributed by atoms with Crippen LogP contribution in [0.2, 0.25) is 0 Å². The molecule has 2 fully saturated rings. The lowest BCUT2D eigenvalue weighted by molar-refractivity contribution is 0.0563. The third-order valence-electron chi connectivity index (χ3n) is 5.92. The summed E-state index contributed by atoms with van der Waals surface area (Å²) in [6.45, 7) is 6.29. The van der Waals surface area contributed by atoms with Gasteiger partial charge in [0.1, 0.15) is 11.6 Å². The standard InChI is InChI=1S/C21H30N4O2/c1-20(2,26)14-25-19(16-13-21(16)8-10-22-11-9-21)23-18(24-25)12-15-6-4-5-7-17(15)27-3/h4-7,16,22,26H,8-14H2,1-3H3. The molecule has 27 heavy (non-hydrogen) atoms. The first-order valence-electron chi connectivity index (χ1n) is 9.89. The fourth-order valence-corrected chi connectivity index (χ4v) is 4.43. The van der Waals surface area contributed by atoms with Crippen LogP contribution in [0.3, 0.4) is 0 Å². The number of benzene rings is 1. The van der Waals surface area contributed by atoms with Crippen molar-refractivity contribution in [3.05, 3.63) is 41.5 Å². The minimum atomic E-state index is -0.819. The van der Waals surface area contributed by atoms with Gasteiger partial charge >= 0.3 is 0 Å². The van der Waals surface area contributed by atoms with E-state index in [1.54, 1.807) is 7.11 Å². The Hall–Kier alpha value is -1.92. The second kappa shape index (κ2) is 6.91. The number of rotatable bonds is 6. The summed E-state index contributed by atoms with van der Waals surface area (Å²) in [5, 5.41) is 18.6. The average Bonchev–Trinajstić information content (AvgIpc) is 3.16. The van der Waals surface area contributed by atoms with Crippen molar-refractivity contribution >= 4 is 0 Å². The number of aliphatic hydroxyl groups is 1. The van der Waals surface area contributed by atoms with Gasteiger partial charge < -0.3 is 15.2 Å². The van der Waals surface area contributed by atoms with Crippen molar-refractivity contribution in [1.29, 1.82) is 0 Å². The maximum atomic E-state index is 10.4. The Morgan fingerprint density at radius 2 is 2.04 bits per heavy atom. The SMILES string of the molecule is COc1ccccc1Cc1nc(C2CC23CCNCC3)n(CC(C)(C)O)n1. The number of methoxy groups -OCH3 is 1. The van der Waals surface area contributed by atoms with Gasteiger partial charge in [-0.1, -0.05) is 18.2 Å². The molecule has 1 spiro atoms. The van der Waals surface area contributed by atoms with Crippen molar-refractivity contribution in [3.8, 4) is 5.75 Å². The van der Waals surface area contributed by atoms with E-state index in [0.717, 1.165) is 36.1 Å². The number of piperidine rings is 1. The van der Waals surface area contributed by atoms with Crippen LogP contribution in [0.1, 0.15) is 56.2 Å². The first kappa shape index (κ1) is 18.4. The normalized spacial score (nSPS) is 21.4. The van der Waals surface area contributed by atoms with Crippen molar-refractivity contribution in [2.75, 3.05) is 20.2 Å². The number of aromatic nitrogens is 3. The van der Waals surface area contributed by atoms with Gasteiger partial charge in [0.2, 0.25) is 0 Å². The van der Waals surface area contributed by atoms with Gasteiger partial charge in [-0.2, -0.15) is 5.10 Å². The van der Waals surface area contributed by atoms with Gasteiger partial charge in [0.15, 0.2) is 5.82 Å². The number of nitrogens with one attached hydrogen (secondary N) is 1. The summed E-state index contributed by atoms with van der Waals surface area (Å²) in [7, 11) is 1.69. The molecule has 0 amide bonds. The fourth-order valence-electron chi connectivity index (χ4n) is 4.43. The summed E-state index contributed by atoms with van der Waals surface area (Å²) in [4.78, 5) is 4.94. The van der Waals surface area contributed by atoms with Crippen LogP contribution in [0.15, 0.2) is 24.3 Å². The summed E-state index contributed by atoms with van der Waals surface area (Å²) >= 11 is 0. The molecule has 1 aliphatic carbocycles.